The molecular formula is C28H29FN4O3. The Bertz CT molecular complexity index is 1190. The van der Waals surface area contributed by atoms with Crippen molar-refractivity contribution in [1.82, 2.24) is 19.8 Å². The Kier molecular flexibility index (Phi) is 7.64. The Morgan fingerprint density at radius 3 is 1.92 bits per heavy atom. The molecule has 2 aromatic heterocycles. The highest BCUT2D eigenvalue weighted by Crippen LogP contribution is 2.42. The largest absolute Gasteiger partial charge is 0.348 e. The van der Waals surface area contributed by atoms with Gasteiger partial charge in [-0.3, -0.25) is 29.3 Å². The number of carbonyl (C=O) groups excluding carboxylic acids is 3. The molecule has 0 aliphatic carbocycles. The molecule has 0 saturated carbocycles. The number of rotatable bonds is 7. The normalized spacial score (nSPS) is 18.6. The molecule has 1 amide bonds. The predicted molar refractivity (Wildman–Crippen MR) is 133 cm³/mol. The minimum Gasteiger partial charge on any atom is -0.348 e. The van der Waals surface area contributed by atoms with Gasteiger partial charge in [0.05, 0.1) is 6.54 Å². The first kappa shape index (κ1) is 25.3. The Hall–Kier alpha value is -3.78. The lowest BCUT2D eigenvalue weighted by molar-refractivity contribution is -0.130. The van der Waals surface area contributed by atoms with Crippen LogP contribution in [0.1, 0.15) is 38.0 Å². The summed E-state index contributed by atoms with van der Waals surface area (Å²) < 4.78 is 14.7. The molecule has 0 bridgehead atoms. The van der Waals surface area contributed by atoms with Crippen LogP contribution < -0.4 is 0 Å². The molecule has 0 unspecified atom stereocenters. The van der Waals surface area contributed by atoms with Gasteiger partial charge in [0.2, 0.25) is 5.91 Å². The van der Waals surface area contributed by atoms with Crippen molar-refractivity contribution in [3.8, 4) is 0 Å². The van der Waals surface area contributed by atoms with E-state index in [-0.39, 0.29) is 48.5 Å². The van der Waals surface area contributed by atoms with Gasteiger partial charge in [0.25, 0.3) is 0 Å². The van der Waals surface area contributed by atoms with Gasteiger partial charge in [-0.25, -0.2) is 4.39 Å². The summed E-state index contributed by atoms with van der Waals surface area (Å²) >= 11 is 0. The smallest absolute Gasteiger partial charge is 0.236 e. The van der Waals surface area contributed by atoms with E-state index in [1.54, 1.807) is 81.9 Å². The average Bonchev–Trinajstić information content (AvgIpc) is 2.90. The van der Waals surface area contributed by atoms with Crippen LogP contribution in [0.4, 0.5) is 4.39 Å². The molecular weight excluding hydrogens is 459 g/mol. The van der Waals surface area contributed by atoms with Gasteiger partial charge in [0, 0.05) is 57.3 Å². The van der Waals surface area contributed by atoms with Crippen LogP contribution in [-0.4, -0.2) is 71.0 Å². The molecule has 1 aromatic carbocycles. The van der Waals surface area contributed by atoms with Gasteiger partial charge >= 0.3 is 0 Å². The lowest BCUT2D eigenvalue weighted by Crippen LogP contribution is -2.52. The number of hydrogen-bond acceptors (Lipinski definition) is 6. The highest BCUT2D eigenvalue weighted by Gasteiger charge is 2.46. The molecule has 1 aliphatic rings. The summed E-state index contributed by atoms with van der Waals surface area (Å²) in [5, 5.41) is 0. The SMILES string of the molecule is Cc1c(F)cccc1C1[C@@H](C(=O)c2ccccn2)CN(CC(=O)N(C)C)C[C@@H]1C(=O)c1ccccn1. The van der Waals surface area contributed by atoms with Gasteiger partial charge in [0.15, 0.2) is 11.6 Å². The predicted octanol–water partition coefficient (Wildman–Crippen LogP) is 3.41. The summed E-state index contributed by atoms with van der Waals surface area (Å²) in [4.78, 5) is 52.1. The molecule has 36 heavy (non-hydrogen) atoms. The Balaban J connectivity index is 1.85. The van der Waals surface area contributed by atoms with Crippen LogP contribution in [0, 0.1) is 24.6 Å². The zero-order valence-corrected chi connectivity index (χ0v) is 20.6. The minimum absolute atomic E-state index is 0.0554. The van der Waals surface area contributed by atoms with Crippen LogP contribution in [-0.2, 0) is 4.79 Å². The fourth-order valence-corrected chi connectivity index (χ4v) is 4.91. The number of aromatic nitrogens is 2. The molecule has 4 rings (SSSR count). The van der Waals surface area contributed by atoms with Crippen molar-refractivity contribution >= 4 is 17.5 Å². The molecule has 3 heterocycles. The lowest BCUT2D eigenvalue weighted by atomic mass is 9.68. The molecule has 1 aliphatic heterocycles. The van der Waals surface area contributed by atoms with Crippen LogP contribution in [0.3, 0.4) is 0 Å². The number of amides is 1. The maximum atomic E-state index is 14.7. The van der Waals surface area contributed by atoms with Gasteiger partial charge in [-0.2, -0.15) is 0 Å². The van der Waals surface area contributed by atoms with E-state index in [1.807, 2.05) is 4.90 Å². The maximum absolute atomic E-state index is 14.7. The van der Waals surface area contributed by atoms with E-state index < -0.39 is 23.6 Å². The third kappa shape index (κ3) is 5.23. The third-order valence-electron chi connectivity index (χ3n) is 6.81. The monoisotopic (exact) mass is 488 g/mol. The van der Waals surface area contributed by atoms with Gasteiger partial charge in [0.1, 0.15) is 17.2 Å². The molecule has 8 heteroatoms. The molecule has 3 aromatic rings. The second-order valence-corrected chi connectivity index (χ2v) is 9.33. The number of Topliss-reactive ketones (excluding diaryl/α,β-unsaturated/α-hetero) is 2. The van der Waals surface area contributed by atoms with Crippen molar-refractivity contribution in [2.45, 2.75) is 12.8 Å². The molecule has 1 fully saturated rings. The molecule has 0 N–H and O–H groups in total. The number of benzene rings is 1. The van der Waals surface area contributed by atoms with E-state index in [0.29, 0.717) is 11.1 Å². The van der Waals surface area contributed by atoms with Crippen LogP contribution in [0.2, 0.25) is 0 Å². The first-order valence-corrected chi connectivity index (χ1v) is 11.9. The highest BCUT2D eigenvalue weighted by molar-refractivity contribution is 6.00. The second-order valence-electron chi connectivity index (χ2n) is 9.33. The van der Waals surface area contributed by atoms with Crippen molar-refractivity contribution < 1.29 is 18.8 Å². The average molecular weight is 489 g/mol. The van der Waals surface area contributed by atoms with E-state index in [4.69, 9.17) is 0 Å². The number of nitrogens with zero attached hydrogens (tertiary/aromatic N) is 4. The van der Waals surface area contributed by atoms with Crippen LogP contribution in [0.5, 0.6) is 0 Å². The van der Waals surface area contributed by atoms with E-state index >= 15 is 0 Å². The number of ketones is 2. The van der Waals surface area contributed by atoms with Crippen molar-refractivity contribution in [2.24, 2.45) is 11.8 Å². The molecule has 0 radical (unpaired) electrons. The molecule has 186 valence electrons. The number of likely N-dealkylation sites (tertiary alicyclic amines) is 1. The Labute approximate surface area is 210 Å². The summed E-state index contributed by atoms with van der Waals surface area (Å²) in [6, 6.07) is 14.9. The minimum atomic E-state index is -0.721. The topological polar surface area (TPSA) is 83.5 Å². The zero-order chi connectivity index (χ0) is 25.8. The van der Waals surface area contributed by atoms with Crippen molar-refractivity contribution in [1.29, 1.82) is 0 Å². The van der Waals surface area contributed by atoms with E-state index in [0.717, 1.165) is 0 Å². The number of piperidine rings is 1. The first-order chi connectivity index (χ1) is 17.3. The van der Waals surface area contributed by atoms with Gasteiger partial charge in [-0.05, 0) is 48.4 Å². The summed E-state index contributed by atoms with van der Waals surface area (Å²) in [5.41, 5.74) is 1.55. The zero-order valence-electron chi connectivity index (χ0n) is 20.6. The number of halogens is 1. The summed E-state index contributed by atoms with van der Waals surface area (Å²) in [5.74, 6) is -3.08. The second kappa shape index (κ2) is 10.9. The lowest BCUT2D eigenvalue weighted by Gasteiger charge is -2.43. The number of carbonyl (C=O) groups is 3. The van der Waals surface area contributed by atoms with Gasteiger partial charge < -0.3 is 4.90 Å². The Morgan fingerprint density at radius 1 is 0.889 bits per heavy atom. The molecule has 1 saturated heterocycles. The number of pyridine rings is 2. The fourth-order valence-electron chi connectivity index (χ4n) is 4.91. The van der Waals surface area contributed by atoms with E-state index in [2.05, 4.69) is 9.97 Å². The maximum Gasteiger partial charge on any atom is 0.236 e. The molecule has 0 spiro atoms. The standard InChI is InChI=1S/C28H29FN4O3/c1-18-19(9-8-10-22(18)29)26-20(27(35)23-11-4-6-13-30-23)15-33(17-25(34)32(2)3)16-21(26)28(36)24-12-5-7-14-31-24/h4-14,20-21,26H,15-17H2,1-3H3/t20-,21-/m0/s1. The summed E-state index contributed by atoms with van der Waals surface area (Å²) in [6.07, 6.45) is 3.09. The summed E-state index contributed by atoms with van der Waals surface area (Å²) in [7, 11) is 3.33. The molecule has 2 atom stereocenters. The fraction of sp³-hybridized carbons (Fsp3) is 0.321. The van der Waals surface area contributed by atoms with Crippen molar-refractivity contribution in [3.63, 3.8) is 0 Å². The van der Waals surface area contributed by atoms with Crippen molar-refractivity contribution in [2.75, 3.05) is 33.7 Å². The number of likely N-dealkylation sites (N-methyl/N-ethyl adjacent to an activating group) is 1. The first-order valence-electron chi connectivity index (χ1n) is 11.9. The van der Waals surface area contributed by atoms with Crippen LogP contribution in [0.15, 0.2) is 67.0 Å². The van der Waals surface area contributed by atoms with Crippen molar-refractivity contribution in [3.05, 3.63) is 95.3 Å². The van der Waals surface area contributed by atoms with Crippen LogP contribution in [0.25, 0.3) is 0 Å². The highest BCUT2D eigenvalue weighted by atomic mass is 19.1. The van der Waals surface area contributed by atoms with E-state index in [1.165, 1.54) is 11.0 Å². The summed E-state index contributed by atoms with van der Waals surface area (Å²) in [6.45, 7) is 2.19. The van der Waals surface area contributed by atoms with Gasteiger partial charge in [-0.1, -0.05) is 24.3 Å². The quantitative estimate of drug-likeness (QED) is 0.474. The van der Waals surface area contributed by atoms with Crippen LogP contribution >= 0.6 is 0 Å². The molecule has 7 nitrogen and oxygen atoms in total. The Morgan fingerprint density at radius 2 is 1.44 bits per heavy atom. The van der Waals surface area contributed by atoms with Gasteiger partial charge in [-0.15, -0.1) is 0 Å². The third-order valence-corrected chi connectivity index (χ3v) is 6.81. The number of hydrogen-bond donors (Lipinski definition) is 0. The van der Waals surface area contributed by atoms with E-state index in [9.17, 15) is 18.8 Å².